The third-order valence-electron chi connectivity index (χ3n) is 3.61. The van der Waals surface area contributed by atoms with Gasteiger partial charge in [0.15, 0.2) is 5.65 Å². The predicted molar refractivity (Wildman–Crippen MR) is 85.7 cm³/mol. The molecule has 0 saturated heterocycles. The quantitative estimate of drug-likeness (QED) is 0.791. The first kappa shape index (κ1) is 12.8. The highest BCUT2D eigenvalue weighted by molar-refractivity contribution is 9.10. The van der Waals surface area contributed by atoms with Gasteiger partial charge in [0.2, 0.25) is 0 Å². The zero-order valence-electron chi connectivity index (χ0n) is 11.5. The fourth-order valence-corrected chi connectivity index (χ4v) is 2.82. The maximum atomic E-state index is 4.64. The number of benzene rings is 1. The van der Waals surface area contributed by atoms with Crippen molar-refractivity contribution in [1.82, 2.24) is 19.7 Å². The van der Waals surface area contributed by atoms with E-state index in [0.29, 0.717) is 6.04 Å². The second-order valence-corrected chi connectivity index (χ2v) is 6.23. The highest BCUT2D eigenvalue weighted by Crippen LogP contribution is 2.30. The van der Waals surface area contributed by atoms with Crippen molar-refractivity contribution in [2.24, 2.45) is 0 Å². The molecule has 0 unspecified atom stereocenters. The summed E-state index contributed by atoms with van der Waals surface area (Å²) in [7, 11) is 0. The van der Waals surface area contributed by atoms with Crippen molar-refractivity contribution in [1.29, 1.82) is 0 Å². The zero-order chi connectivity index (χ0) is 14.4. The number of anilines is 1. The van der Waals surface area contributed by atoms with E-state index >= 15 is 0 Å². The van der Waals surface area contributed by atoms with Crippen LogP contribution in [0, 0.1) is 6.92 Å². The number of nitrogens with zero attached hydrogens (tertiary/aromatic N) is 4. The molecule has 1 fully saturated rings. The lowest BCUT2D eigenvalue weighted by Gasteiger charge is -2.06. The van der Waals surface area contributed by atoms with E-state index < -0.39 is 0 Å². The number of nitrogens with one attached hydrogen (secondary N) is 1. The molecular formula is C15H14BrN5. The summed E-state index contributed by atoms with van der Waals surface area (Å²) in [4.78, 5) is 8.82. The van der Waals surface area contributed by atoms with Crippen LogP contribution in [0.1, 0.15) is 18.5 Å². The van der Waals surface area contributed by atoms with E-state index in [1.54, 1.807) is 6.33 Å². The monoisotopic (exact) mass is 343 g/mol. The van der Waals surface area contributed by atoms with Crippen molar-refractivity contribution in [3.63, 3.8) is 0 Å². The molecule has 0 radical (unpaired) electrons. The van der Waals surface area contributed by atoms with E-state index in [4.69, 9.17) is 0 Å². The van der Waals surface area contributed by atoms with Crippen LogP contribution in [-0.2, 0) is 0 Å². The SMILES string of the molecule is Cc1nn(-c2cccc(Br)c2)c2ncnc(NC3CC3)c12. The highest BCUT2D eigenvalue weighted by Gasteiger charge is 2.24. The lowest BCUT2D eigenvalue weighted by Crippen LogP contribution is -2.04. The van der Waals surface area contributed by atoms with Crippen molar-refractivity contribution in [2.45, 2.75) is 25.8 Å². The first-order valence-corrected chi connectivity index (χ1v) is 7.74. The summed E-state index contributed by atoms with van der Waals surface area (Å²) in [5.41, 5.74) is 2.76. The molecule has 0 aliphatic heterocycles. The van der Waals surface area contributed by atoms with Crippen LogP contribution in [0.2, 0.25) is 0 Å². The molecule has 0 atom stereocenters. The van der Waals surface area contributed by atoms with E-state index in [1.165, 1.54) is 12.8 Å². The summed E-state index contributed by atoms with van der Waals surface area (Å²) in [5, 5.41) is 9.11. The van der Waals surface area contributed by atoms with Gasteiger partial charge >= 0.3 is 0 Å². The molecule has 0 bridgehead atoms. The first-order valence-electron chi connectivity index (χ1n) is 6.95. The molecule has 106 valence electrons. The lowest BCUT2D eigenvalue weighted by atomic mass is 10.3. The molecule has 6 heteroatoms. The fourth-order valence-electron chi connectivity index (χ4n) is 2.44. The summed E-state index contributed by atoms with van der Waals surface area (Å²) >= 11 is 3.50. The van der Waals surface area contributed by atoms with Gasteiger partial charge in [0, 0.05) is 10.5 Å². The van der Waals surface area contributed by atoms with Crippen LogP contribution in [0.4, 0.5) is 5.82 Å². The number of aromatic nitrogens is 4. The minimum atomic E-state index is 0.553. The van der Waals surface area contributed by atoms with Gasteiger partial charge in [-0.15, -0.1) is 0 Å². The number of hydrogen-bond acceptors (Lipinski definition) is 4. The Hall–Kier alpha value is -1.95. The largest absolute Gasteiger partial charge is 0.367 e. The molecule has 5 nitrogen and oxygen atoms in total. The first-order chi connectivity index (χ1) is 10.2. The van der Waals surface area contributed by atoms with Crippen molar-refractivity contribution < 1.29 is 0 Å². The van der Waals surface area contributed by atoms with Crippen LogP contribution in [0.5, 0.6) is 0 Å². The minimum Gasteiger partial charge on any atom is -0.367 e. The Morgan fingerprint density at radius 2 is 2.14 bits per heavy atom. The zero-order valence-corrected chi connectivity index (χ0v) is 13.1. The van der Waals surface area contributed by atoms with Crippen LogP contribution in [0.25, 0.3) is 16.7 Å². The van der Waals surface area contributed by atoms with E-state index in [9.17, 15) is 0 Å². The molecule has 1 aliphatic rings. The standard InChI is InChI=1S/C15H14BrN5/c1-9-13-14(19-11-5-6-11)17-8-18-15(13)21(20-9)12-4-2-3-10(16)7-12/h2-4,7-8,11H,5-6H2,1H3,(H,17,18,19). The number of hydrogen-bond donors (Lipinski definition) is 1. The summed E-state index contributed by atoms with van der Waals surface area (Å²) < 4.78 is 2.89. The third-order valence-corrected chi connectivity index (χ3v) is 4.10. The van der Waals surface area contributed by atoms with E-state index in [-0.39, 0.29) is 0 Å². The van der Waals surface area contributed by atoms with Crippen molar-refractivity contribution in [3.05, 3.63) is 40.8 Å². The molecule has 0 spiro atoms. The Labute approximate surface area is 130 Å². The minimum absolute atomic E-state index is 0.553. The molecule has 3 aromatic rings. The maximum absolute atomic E-state index is 4.64. The molecule has 1 saturated carbocycles. The van der Waals surface area contributed by atoms with Crippen molar-refractivity contribution in [3.8, 4) is 5.69 Å². The van der Waals surface area contributed by atoms with Crippen LogP contribution in [-0.4, -0.2) is 25.8 Å². The van der Waals surface area contributed by atoms with Crippen molar-refractivity contribution >= 4 is 32.8 Å². The highest BCUT2D eigenvalue weighted by atomic mass is 79.9. The average molecular weight is 344 g/mol. The Morgan fingerprint density at radius 1 is 1.29 bits per heavy atom. The van der Waals surface area contributed by atoms with Gasteiger partial charge in [0.25, 0.3) is 0 Å². The van der Waals surface area contributed by atoms with Crippen molar-refractivity contribution in [2.75, 3.05) is 5.32 Å². The average Bonchev–Trinajstić information content (AvgIpc) is 3.22. The number of fused-ring (bicyclic) bond motifs is 1. The maximum Gasteiger partial charge on any atom is 0.168 e. The molecule has 4 rings (SSSR count). The Bertz CT molecular complexity index is 822. The van der Waals surface area contributed by atoms with Gasteiger partial charge in [-0.2, -0.15) is 5.10 Å². The molecule has 1 aromatic carbocycles. The van der Waals surface area contributed by atoms with Gasteiger partial charge in [-0.05, 0) is 38.0 Å². The molecule has 1 N–H and O–H groups in total. The summed E-state index contributed by atoms with van der Waals surface area (Å²) in [5.74, 6) is 0.890. The number of rotatable bonds is 3. The van der Waals surface area contributed by atoms with Crippen LogP contribution < -0.4 is 5.32 Å². The lowest BCUT2D eigenvalue weighted by molar-refractivity contribution is 0.875. The van der Waals surface area contributed by atoms with Gasteiger partial charge in [-0.25, -0.2) is 14.6 Å². The molecule has 21 heavy (non-hydrogen) atoms. The summed E-state index contributed by atoms with van der Waals surface area (Å²) in [6, 6.07) is 8.59. The number of halogens is 1. The molecular weight excluding hydrogens is 330 g/mol. The second-order valence-electron chi connectivity index (χ2n) is 5.32. The van der Waals surface area contributed by atoms with Crippen LogP contribution >= 0.6 is 15.9 Å². The molecule has 2 heterocycles. The van der Waals surface area contributed by atoms with Gasteiger partial charge < -0.3 is 5.32 Å². The molecule has 2 aromatic heterocycles. The normalized spacial score (nSPS) is 14.6. The third kappa shape index (κ3) is 2.29. The topological polar surface area (TPSA) is 55.6 Å². The molecule has 0 amide bonds. The van der Waals surface area contributed by atoms with Crippen LogP contribution in [0.15, 0.2) is 35.1 Å². The van der Waals surface area contributed by atoms with E-state index in [2.05, 4.69) is 36.3 Å². The Kier molecular flexibility index (Phi) is 2.92. The Balaban J connectivity index is 1.90. The molecule has 1 aliphatic carbocycles. The van der Waals surface area contributed by atoms with Gasteiger partial charge in [-0.3, -0.25) is 0 Å². The van der Waals surface area contributed by atoms with E-state index in [1.807, 2.05) is 35.9 Å². The van der Waals surface area contributed by atoms with Crippen LogP contribution in [0.3, 0.4) is 0 Å². The second kappa shape index (κ2) is 4.80. The van der Waals surface area contributed by atoms with Gasteiger partial charge in [0.05, 0.1) is 16.8 Å². The summed E-state index contributed by atoms with van der Waals surface area (Å²) in [6.07, 6.45) is 4.03. The smallest absolute Gasteiger partial charge is 0.168 e. The van der Waals surface area contributed by atoms with E-state index in [0.717, 1.165) is 32.7 Å². The predicted octanol–water partition coefficient (Wildman–Crippen LogP) is 3.46. The van der Waals surface area contributed by atoms with Gasteiger partial charge in [-0.1, -0.05) is 22.0 Å². The fraction of sp³-hybridized carbons (Fsp3) is 0.267. The van der Waals surface area contributed by atoms with Gasteiger partial charge in [0.1, 0.15) is 12.1 Å². The summed E-state index contributed by atoms with van der Waals surface area (Å²) in [6.45, 7) is 2.00. The number of aryl methyl sites for hydroxylation is 1. The Morgan fingerprint density at radius 3 is 2.90 bits per heavy atom.